The zero-order valence-corrected chi connectivity index (χ0v) is 51.9. The van der Waals surface area contributed by atoms with Crippen LogP contribution in [0.2, 0.25) is 0 Å². The van der Waals surface area contributed by atoms with E-state index in [0.717, 1.165) is 17.0 Å². The van der Waals surface area contributed by atoms with Crippen LogP contribution in [0.1, 0.15) is 116 Å². The lowest BCUT2D eigenvalue weighted by molar-refractivity contribution is -0.432. The normalized spacial score (nSPS) is 15.9. The second-order valence-electron chi connectivity index (χ2n) is 22.6. The summed E-state index contributed by atoms with van der Waals surface area (Å²) in [6, 6.07) is 102. The Morgan fingerprint density at radius 3 is 0.434 bits per heavy atom. The largest absolute Gasteiger partial charge is 0.822 e. The minimum atomic E-state index is -5.39. The van der Waals surface area contributed by atoms with Crippen molar-refractivity contribution in [2.75, 3.05) is 0 Å². The molecule has 0 unspecified atom stereocenters. The summed E-state index contributed by atoms with van der Waals surface area (Å²) in [5.41, 5.74) is 2.24. The van der Waals surface area contributed by atoms with Gasteiger partial charge in [0.05, 0.1) is 17.0 Å². The second-order valence-corrected chi connectivity index (χ2v) is 34.6. The standard InChI is InChI=1S/3C25H28P.H3O4P/c3*1-2-7-15-22(14-6-1)26(23-16-8-3-9-17-23,24-18-10-4-11-19-24)25-20-12-5-13-21-25;1-5(2,3)4/h3*3-5,8-13,16-22H,1-2,6-7,14-15H2;(H3,1,2,3,4)/q3*+1;/p-3. The number of rotatable bonds is 12. The van der Waals surface area contributed by atoms with E-state index in [1.165, 1.54) is 116 Å². The molecule has 0 heterocycles. The summed E-state index contributed by atoms with van der Waals surface area (Å²) in [5, 5.41) is 13.9. The number of hydrogen-bond donors (Lipinski definition) is 0. The SMILES string of the molecule is O=P([O-])([O-])[O-].c1ccc([P+](c2ccccc2)(c2ccccc2)C2CCCCCC2)cc1.c1ccc([P+](c2ccccc2)(c2ccccc2)C2CCCCCC2)cc1.c1ccc([P+](c2ccccc2)(c2ccccc2)C2CCCCCC2)cc1. The summed E-state index contributed by atoms with van der Waals surface area (Å²) in [6.07, 6.45) is 24.8. The molecule has 0 aliphatic heterocycles. The van der Waals surface area contributed by atoms with Crippen molar-refractivity contribution >= 4 is 77.4 Å². The van der Waals surface area contributed by atoms with Gasteiger partial charge in [-0.15, -0.1) is 0 Å². The minimum Gasteiger partial charge on any atom is -0.822 e. The number of hydrogen-bond acceptors (Lipinski definition) is 4. The van der Waals surface area contributed by atoms with E-state index >= 15 is 0 Å². The molecule has 9 aromatic carbocycles. The quantitative estimate of drug-likeness (QED) is 0.0901. The van der Waals surface area contributed by atoms with E-state index in [1.807, 2.05) is 0 Å². The van der Waals surface area contributed by atoms with Gasteiger partial charge < -0.3 is 19.2 Å². The van der Waals surface area contributed by atoms with Crippen LogP contribution in [0.4, 0.5) is 0 Å². The molecule has 3 aliphatic rings. The van der Waals surface area contributed by atoms with Crippen LogP contribution in [0.5, 0.6) is 0 Å². The first kappa shape index (κ1) is 61.9. The Morgan fingerprint density at radius 2 is 0.325 bits per heavy atom. The van der Waals surface area contributed by atoms with Gasteiger partial charge in [0.1, 0.15) is 69.5 Å². The molecule has 8 heteroatoms. The summed E-state index contributed by atoms with van der Waals surface area (Å²) in [6.45, 7) is 0. The van der Waals surface area contributed by atoms with Crippen molar-refractivity contribution in [2.24, 2.45) is 0 Å². The van der Waals surface area contributed by atoms with Gasteiger partial charge in [-0.3, -0.25) is 0 Å². The third kappa shape index (κ3) is 15.4. The Hall–Kier alpha value is -5.62. The average molecular weight is 1170 g/mol. The van der Waals surface area contributed by atoms with Crippen molar-refractivity contribution in [2.45, 2.75) is 133 Å². The van der Waals surface area contributed by atoms with Crippen LogP contribution in [0, 0.1) is 0 Å². The van der Waals surface area contributed by atoms with Gasteiger partial charge in [-0.05, 0) is 186 Å². The molecule has 0 amide bonds. The van der Waals surface area contributed by atoms with E-state index in [2.05, 4.69) is 273 Å². The van der Waals surface area contributed by atoms with Crippen molar-refractivity contribution in [3.05, 3.63) is 273 Å². The van der Waals surface area contributed by atoms with Crippen LogP contribution < -0.4 is 62.4 Å². The van der Waals surface area contributed by atoms with Gasteiger partial charge in [-0.2, -0.15) is 7.82 Å². The molecule has 428 valence electrons. The predicted octanol–water partition coefficient (Wildman–Crippen LogP) is 14.3. The molecule has 0 bridgehead atoms. The summed E-state index contributed by atoms with van der Waals surface area (Å²) in [4.78, 5) is 25.6. The molecule has 0 saturated heterocycles. The van der Waals surface area contributed by atoms with Crippen molar-refractivity contribution in [3.63, 3.8) is 0 Å². The van der Waals surface area contributed by atoms with E-state index in [4.69, 9.17) is 19.2 Å². The maximum absolute atomic E-state index is 8.55. The molecule has 4 nitrogen and oxygen atoms in total. The fourth-order valence-corrected chi connectivity index (χ4v) is 29.8. The third-order valence-electron chi connectivity index (χ3n) is 17.6. The number of benzene rings is 9. The smallest absolute Gasteiger partial charge is 0.115 e. The van der Waals surface area contributed by atoms with Gasteiger partial charge in [-0.1, -0.05) is 202 Å². The third-order valence-corrected chi connectivity index (χ3v) is 32.4. The van der Waals surface area contributed by atoms with E-state index < -0.39 is 29.6 Å². The highest BCUT2D eigenvalue weighted by atomic mass is 31.2. The molecule has 0 atom stereocenters. The first-order chi connectivity index (χ1) is 40.8. The summed E-state index contributed by atoms with van der Waals surface area (Å²) < 4.78 is 8.55. The zero-order chi connectivity index (χ0) is 57.5. The van der Waals surface area contributed by atoms with Gasteiger partial charge in [-0.25, -0.2) is 0 Å². The molecule has 3 aliphatic carbocycles. The molecular formula is C75H84O4P4. The summed E-state index contributed by atoms with van der Waals surface area (Å²) in [7, 11) is -10.4. The van der Waals surface area contributed by atoms with E-state index in [-0.39, 0.29) is 0 Å². The Balaban J connectivity index is 0.000000144. The van der Waals surface area contributed by atoms with Crippen molar-refractivity contribution in [3.8, 4) is 0 Å². The lowest BCUT2D eigenvalue weighted by atomic mass is 10.2. The van der Waals surface area contributed by atoms with Crippen LogP contribution in [0.15, 0.2) is 273 Å². The Morgan fingerprint density at radius 1 is 0.217 bits per heavy atom. The Kier molecular flexibility index (Phi) is 23.5. The van der Waals surface area contributed by atoms with Gasteiger partial charge in [0.2, 0.25) is 0 Å². The van der Waals surface area contributed by atoms with Gasteiger partial charge in [0, 0.05) is 0 Å². The first-order valence-corrected chi connectivity index (χ1v) is 37.7. The highest BCUT2D eigenvalue weighted by molar-refractivity contribution is 7.97. The highest BCUT2D eigenvalue weighted by Crippen LogP contribution is 2.65. The molecule has 3 fully saturated rings. The van der Waals surface area contributed by atoms with Crippen LogP contribution >= 0.6 is 29.6 Å². The molecular weight excluding hydrogens is 1090 g/mol. The topological polar surface area (TPSA) is 86.2 Å². The second kappa shape index (κ2) is 31.5. The van der Waals surface area contributed by atoms with Gasteiger partial charge >= 0.3 is 0 Å². The monoisotopic (exact) mass is 1170 g/mol. The Bertz CT molecular complexity index is 2600. The van der Waals surface area contributed by atoms with Crippen molar-refractivity contribution in [1.29, 1.82) is 0 Å². The lowest BCUT2D eigenvalue weighted by Crippen LogP contribution is -2.38. The van der Waals surface area contributed by atoms with Crippen molar-refractivity contribution < 1.29 is 19.2 Å². The lowest BCUT2D eigenvalue weighted by Gasteiger charge is -2.36. The molecule has 0 aromatic heterocycles. The molecule has 3 saturated carbocycles. The van der Waals surface area contributed by atoms with Crippen LogP contribution in [-0.4, -0.2) is 17.0 Å². The summed E-state index contributed by atoms with van der Waals surface area (Å²) in [5.74, 6) is 0. The number of phosphoric acid groups is 1. The Labute approximate surface area is 499 Å². The maximum atomic E-state index is 8.55. The van der Waals surface area contributed by atoms with Gasteiger partial charge in [0.15, 0.2) is 0 Å². The van der Waals surface area contributed by atoms with Gasteiger partial charge in [0.25, 0.3) is 0 Å². The summed E-state index contributed by atoms with van der Waals surface area (Å²) >= 11 is 0. The molecule has 0 spiro atoms. The van der Waals surface area contributed by atoms with Crippen LogP contribution in [0.25, 0.3) is 0 Å². The van der Waals surface area contributed by atoms with Crippen LogP contribution in [0.3, 0.4) is 0 Å². The molecule has 0 N–H and O–H groups in total. The molecule has 12 rings (SSSR count). The maximum Gasteiger partial charge on any atom is 0.115 e. The molecule has 83 heavy (non-hydrogen) atoms. The van der Waals surface area contributed by atoms with E-state index in [0.29, 0.717) is 0 Å². The van der Waals surface area contributed by atoms with Crippen LogP contribution in [-0.2, 0) is 4.57 Å². The minimum absolute atomic E-state index is 0.747. The highest BCUT2D eigenvalue weighted by Gasteiger charge is 2.54. The molecule has 9 aromatic rings. The zero-order valence-electron chi connectivity index (χ0n) is 48.4. The van der Waals surface area contributed by atoms with E-state index in [9.17, 15) is 0 Å². The molecule has 0 radical (unpaired) electrons. The predicted molar refractivity (Wildman–Crippen MR) is 358 cm³/mol. The fourth-order valence-electron chi connectivity index (χ4n) is 14.1. The fraction of sp³-hybridized carbons (Fsp3) is 0.280. The van der Waals surface area contributed by atoms with Crippen molar-refractivity contribution in [1.82, 2.24) is 0 Å². The average Bonchev–Trinajstić information content (AvgIpc) is 4.00. The first-order valence-electron chi connectivity index (χ1n) is 30.7. The van der Waals surface area contributed by atoms with E-state index in [1.54, 1.807) is 47.7 Å².